The molecule has 0 aliphatic rings. The Kier molecular flexibility index (Phi) is 11.3. The van der Waals surface area contributed by atoms with Gasteiger partial charge in [0.05, 0.1) is 24.9 Å². The van der Waals surface area contributed by atoms with Gasteiger partial charge in [-0.3, -0.25) is 4.98 Å². The van der Waals surface area contributed by atoms with E-state index in [1.54, 1.807) is 29.5 Å². The smallest absolute Gasteiger partial charge is 0.0795 e. The van der Waals surface area contributed by atoms with Crippen LogP contribution in [0.1, 0.15) is 70.0 Å². The molecule has 0 amide bonds. The fourth-order valence-electron chi connectivity index (χ4n) is 8.42. The third-order valence-electron chi connectivity index (χ3n) is 11.9. The maximum Gasteiger partial charge on any atom is 0.0795 e. The van der Waals surface area contributed by atoms with Crippen molar-refractivity contribution in [1.82, 2.24) is 14.5 Å². The number of hydrogen-bond donors (Lipinski definition) is 0. The maximum atomic E-state index is 8.52. The monoisotopic (exact) mass is 1060 g/mol. The van der Waals surface area contributed by atoms with Crippen molar-refractivity contribution >= 4 is 55.8 Å². The van der Waals surface area contributed by atoms with Crippen molar-refractivity contribution in [3.05, 3.63) is 192 Å². The first kappa shape index (κ1) is 38.5. The number of para-hydroxylation sites is 2. The molecule has 3 aromatic heterocycles. The molecule has 3 heterocycles. The molecule has 0 saturated heterocycles. The molecular weight excluding hydrogens is 1000 g/mol. The van der Waals surface area contributed by atoms with E-state index in [9.17, 15) is 0 Å². The fourth-order valence-corrected chi connectivity index (χ4v) is 10.7. The van der Waals surface area contributed by atoms with E-state index in [1.807, 2.05) is 36.5 Å². The van der Waals surface area contributed by atoms with Crippen LogP contribution in [0.3, 0.4) is 0 Å². The number of fused-ring (bicyclic) bond motifs is 4. The van der Waals surface area contributed by atoms with Crippen LogP contribution < -0.4 is 5.19 Å². The first-order chi connectivity index (χ1) is 33.3. The molecule has 0 unspecified atom stereocenters. The number of hydrogen-bond acceptors (Lipinski definition) is 3. The summed E-state index contributed by atoms with van der Waals surface area (Å²) in [5.41, 5.74) is 13.2. The van der Waals surface area contributed by atoms with Gasteiger partial charge in [-0.2, -0.15) is 11.3 Å². The van der Waals surface area contributed by atoms with Crippen LogP contribution in [-0.4, -0.2) is 22.6 Å². The summed E-state index contributed by atoms with van der Waals surface area (Å²) in [6, 6.07) is 57.3. The summed E-state index contributed by atoms with van der Waals surface area (Å²) in [4.78, 5) is 9.79. The number of benzene rings is 7. The van der Waals surface area contributed by atoms with Crippen LogP contribution in [0.25, 0.3) is 81.8 Å². The van der Waals surface area contributed by atoms with Gasteiger partial charge in [0.2, 0.25) is 0 Å². The second kappa shape index (κ2) is 19.0. The normalized spacial score (nSPS) is 13.4. The number of aryl methyl sites for hydroxylation is 2. The SMILES string of the molecule is [2H]C([2H])([2H])c1c[c-]c(-c2ccc([Si](C)(C)C)cn2)cc1.[2H]C([2H])([2H])c1c[c-]c(-c2nc3ccccc3n2-c2c(C(C)C)cc(-c3ccccc3)cc2C(C)C)c2sc3cc(-c4ccccc4)ccc3c12.[Ir]. The zero-order chi connectivity index (χ0) is 49.7. The molecule has 0 aliphatic heterocycles. The standard InChI is InChI=1S/C44H37N2S.C15H18NSi.Ir/c1-27(2)36-24-33(31-16-10-7-11-17-31)25-37(28(3)4)42(36)46-39-19-13-12-18-38(39)45-44(46)35-22-20-29(5)41-34-23-21-32(26-40(34)47-43(35)41)30-14-8-6-9-15-30;1-12-5-7-13(8-6-12)15-10-9-14(11-16-15)17(2,3)4;/h6-21,23-28H,1-5H3;5-7,9-11H,1-4H3;/q2*-1;/i5D3;1D3;. The molecule has 0 N–H and O–H groups in total. The second-order valence-corrected chi connectivity index (χ2v) is 24.2. The Morgan fingerprint density at radius 2 is 1.34 bits per heavy atom. The Morgan fingerprint density at radius 3 is 1.94 bits per heavy atom. The minimum absolute atomic E-state index is 0. The Morgan fingerprint density at radius 1 is 0.662 bits per heavy atom. The van der Waals surface area contributed by atoms with Crippen molar-refractivity contribution in [2.24, 2.45) is 0 Å². The molecule has 0 saturated carbocycles. The predicted molar refractivity (Wildman–Crippen MR) is 278 cm³/mol. The number of pyridine rings is 1. The second-order valence-electron chi connectivity index (χ2n) is 18.1. The van der Waals surface area contributed by atoms with E-state index < -0.39 is 21.8 Å². The van der Waals surface area contributed by atoms with E-state index >= 15 is 0 Å². The molecule has 0 aliphatic carbocycles. The van der Waals surface area contributed by atoms with Gasteiger partial charge in [0.15, 0.2) is 0 Å². The fraction of sp³-hybridized carbons (Fsp3) is 0.186. The molecule has 10 aromatic rings. The molecule has 0 fully saturated rings. The van der Waals surface area contributed by atoms with Gasteiger partial charge in [-0.25, -0.2) is 0 Å². The van der Waals surface area contributed by atoms with Gasteiger partial charge < -0.3 is 9.55 Å². The van der Waals surface area contributed by atoms with Gasteiger partial charge in [0.25, 0.3) is 0 Å². The molecule has 0 bridgehead atoms. The van der Waals surface area contributed by atoms with Crippen LogP contribution in [-0.2, 0) is 20.1 Å². The summed E-state index contributed by atoms with van der Waals surface area (Å²) in [6.07, 6.45) is 1.92. The first-order valence-electron chi connectivity index (χ1n) is 25.0. The summed E-state index contributed by atoms with van der Waals surface area (Å²) in [5, 5.41) is 3.00. The number of aromatic nitrogens is 3. The van der Waals surface area contributed by atoms with E-state index in [0.717, 1.165) is 70.7 Å². The molecule has 10 rings (SSSR count). The average molecular weight is 1060 g/mol. The molecule has 327 valence electrons. The van der Waals surface area contributed by atoms with E-state index in [1.165, 1.54) is 33.5 Å². The van der Waals surface area contributed by atoms with Crippen LogP contribution in [0.2, 0.25) is 19.6 Å². The summed E-state index contributed by atoms with van der Waals surface area (Å²) >= 11 is 1.62. The predicted octanol–water partition coefficient (Wildman–Crippen LogP) is 16.1. The number of imidazole rings is 1. The Hall–Kier alpha value is -5.75. The van der Waals surface area contributed by atoms with E-state index in [0.29, 0.717) is 11.1 Å². The summed E-state index contributed by atoms with van der Waals surface area (Å²) in [7, 11) is -1.34. The van der Waals surface area contributed by atoms with Crippen LogP contribution in [0, 0.1) is 25.8 Å². The van der Waals surface area contributed by atoms with Gasteiger partial charge in [0.1, 0.15) is 0 Å². The molecule has 1 radical (unpaired) electrons. The van der Waals surface area contributed by atoms with Crippen LogP contribution >= 0.6 is 11.3 Å². The van der Waals surface area contributed by atoms with Gasteiger partial charge in [0, 0.05) is 44.9 Å². The molecule has 65 heavy (non-hydrogen) atoms. The van der Waals surface area contributed by atoms with E-state index in [4.69, 9.17) is 13.2 Å². The largest absolute Gasteiger partial charge is 0.333 e. The number of rotatable bonds is 8. The Balaban J connectivity index is 0.000000271. The average Bonchev–Trinajstić information content (AvgIpc) is 3.92. The summed E-state index contributed by atoms with van der Waals surface area (Å²) in [5.74, 6) is 1.21. The third-order valence-corrected chi connectivity index (χ3v) is 15.1. The van der Waals surface area contributed by atoms with Gasteiger partial charge in [-0.15, -0.1) is 53.1 Å². The van der Waals surface area contributed by atoms with Crippen molar-refractivity contribution in [3.63, 3.8) is 0 Å². The minimum atomic E-state index is -2.30. The number of nitrogens with zero attached hydrogens (tertiary/aromatic N) is 3. The zero-order valence-electron chi connectivity index (χ0n) is 43.7. The molecule has 0 spiro atoms. The van der Waals surface area contributed by atoms with E-state index in [2.05, 4.69) is 166 Å². The first-order valence-corrected chi connectivity index (χ1v) is 26.3. The summed E-state index contributed by atoms with van der Waals surface area (Å²) < 4.78 is 51.8. The molecular formula is C59H55IrN3SSi-2. The third kappa shape index (κ3) is 9.24. The van der Waals surface area contributed by atoms with Crippen molar-refractivity contribution in [1.29, 1.82) is 0 Å². The molecule has 7 aromatic carbocycles. The molecule has 6 heteroatoms. The quantitative estimate of drug-likeness (QED) is 0.112. The van der Waals surface area contributed by atoms with Gasteiger partial charge in [-0.05, 0) is 96.5 Å². The van der Waals surface area contributed by atoms with Crippen LogP contribution in [0.5, 0.6) is 0 Å². The van der Waals surface area contributed by atoms with Crippen molar-refractivity contribution < 1.29 is 28.3 Å². The minimum Gasteiger partial charge on any atom is -0.333 e. The van der Waals surface area contributed by atoms with Crippen LogP contribution in [0.4, 0.5) is 0 Å². The van der Waals surface area contributed by atoms with E-state index in [-0.39, 0.29) is 31.9 Å². The van der Waals surface area contributed by atoms with Crippen molar-refractivity contribution in [2.75, 3.05) is 0 Å². The number of thiophene rings is 1. The van der Waals surface area contributed by atoms with Gasteiger partial charge in [-0.1, -0.05) is 169 Å². The van der Waals surface area contributed by atoms with Gasteiger partial charge >= 0.3 is 0 Å². The Bertz CT molecular complexity index is 3400. The molecule has 3 nitrogen and oxygen atoms in total. The maximum absolute atomic E-state index is 8.52. The summed E-state index contributed by atoms with van der Waals surface area (Å²) in [6.45, 7) is 11.5. The van der Waals surface area contributed by atoms with Crippen molar-refractivity contribution in [3.8, 4) is 50.6 Å². The topological polar surface area (TPSA) is 30.7 Å². The Labute approximate surface area is 412 Å². The van der Waals surface area contributed by atoms with Crippen molar-refractivity contribution in [2.45, 2.75) is 72.9 Å². The van der Waals surface area contributed by atoms with Crippen LogP contribution in [0.15, 0.2) is 158 Å². The zero-order valence-corrected chi connectivity index (χ0v) is 42.0. The molecule has 0 atom stereocenters.